The largest absolute Gasteiger partial charge is 0.461 e. The summed E-state index contributed by atoms with van der Waals surface area (Å²) in [5.41, 5.74) is 1.07. The third-order valence-corrected chi connectivity index (χ3v) is 14.1. The fourth-order valence-corrected chi connectivity index (χ4v) is 11.2. The molecule has 3 heterocycles. The molecule has 0 spiro atoms. The smallest absolute Gasteiger partial charge is 0.310 e. The highest BCUT2D eigenvalue weighted by atomic mass is 16.7. The normalized spacial score (nSPS) is 54.6. The van der Waals surface area contributed by atoms with Crippen LogP contribution in [0.15, 0.2) is 11.1 Å². The van der Waals surface area contributed by atoms with Crippen molar-refractivity contribution in [3.05, 3.63) is 11.1 Å². The Morgan fingerprint density at radius 2 is 1.47 bits per heavy atom. The van der Waals surface area contributed by atoms with Gasteiger partial charge in [0.25, 0.3) is 0 Å². The molecule has 278 valence electrons. The molecule has 0 bridgehead atoms. The van der Waals surface area contributed by atoms with E-state index in [1.165, 1.54) is 5.57 Å². The predicted octanol–water partition coefficient (Wildman–Crippen LogP) is -0.603. The summed E-state index contributed by atoms with van der Waals surface area (Å²) in [4.78, 5) is 11.9. The fourth-order valence-electron chi connectivity index (χ4n) is 11.2. The standard InChI is InChI=1S/C35H54O14/c1-33-8-5-18(46-32-29(43)30(26(40)23(14-37)48-32)49-31-28(42)27(41)25(39)22(13-36)47-31)12-17(33)3-4-21-20(33)6-9-34(2)19(7-10-35(21,34)44)16-11-24(38)45-15-16/h17-18,20-23,25-32,36-37,39-44H,3-15H2,1-2H3/b19-16-/t17-,18-,20-,21+,22-,23-,25+,26+,27+,28+,29+,30+,31+,32-,33+,34-,35-/m0/s1. The number of carbonyl (C=O) groups excluding carboxylic acids is 1. The van der Waals surface area contributed by atoms with Gasteiger partial charge in [0, 0.05) is 5.41 Å². The molecule has 4 saturated carbocycles. The third-order valence-electron chi connectivity index (χ3n) is 14.1. The summed E-state index contributed by atoms with van der Waals surface area (Å²) in [5, 5.41) is 85.1. The zero-order valence-corrected chi connectivity index (χ0v) is 28.3. The van der Waals surface area contributed by atoms with Gasteiger partial charge >= 0.3 is 5.97 Å². The Balaban J connectivity index is 1.03. The number of esters is 1. The molecule has 7 aliphatic rings. The number of cyclic esters (lactones) is 1. The first-order chi connectivity index (χ1) is 23.3. The van der Waals surface area contributed by atoms with E-state index >= 15 is 0 Å². The Labute approximate surface area is 285 Å². The highest BCUT2D eigenvalue weighted by Crippen LogP contribution is 2.69. The molecule has 0 aromatic heterocycles. The molecule has 14 heteroatoms. The minimum absolute atomic E-state index is 0.0210. The Hall–Kier alpha value is -1.27. The van der Waals surface area contributed by atoms with Gasteiger partial charge in [0.2, 0.25) is 0 Å². The fraction of sp³-hybridized carbons (Fsp3) is 0.914. The lowest BCUT2D eigenvalue weighted by molar-refractivity contribution is -0.365. The summed E-state index contributed by atoms with van der Waals surface area (Å²) < 4.78 is 28.7. The summed E-state index contributed by atoms with van der Waals surface area (Å²) in [6.45, 7) is 3.60. The van der Waals surface area contributed by atoms with Crippen molar-refractivity contribution in [1.82, 2.24) is 0 Å². The Bertz CT molecular complexity index is 1280. The first-order valence-electron chi connectivity index (χ1n) is 18.1. The summed E-state index contributed by atoms with van der Waals surface area (Å²) in [7, 11) is 0. The number of carbonyl (C=O) groups is 1. The molecule has 17 atom stereocenters. The molecule has 3 saturated heterocycles. The summed E-state index contributed by atoms with van der Waals surface area (Å²) in [5.74, 6) is 0.601. The molecule has 0 aromatic rings. The summed E-state index contributed by atoms with van der Waals surface area (Å²) in [6, 6.07) is 0. The topological polar surface area (TPSA) is 225 Å². The average Bonchev–Trinajstić information content (AvgIpc) is 3.63. The molecular weight excluding hydrogens is 644 g/mol. The van der Waals surface area contributed by atoms with Crippen LogP contribution >= 0.6 is 0 Å². The van der Waals surface area contributed by atoms with Gasteiger partial charge in [0.15, 0.2) is 12.6 Å². The highest BCUT2D eigenvalue weighted by Gasteiger charge is 2.66. The molecule has 3 aliphatic heterocycles. The number of aliphatic hydroxyl groups excluding tert-OH is 7. The molecule has 0 unspecified atom stereocenters. The second-order valence-corrected chi connectivity index (χ2v) is 16.2. The lowest BCUT2D eigenvalue weighted by Crippen LogP contribution is -2.65. The maximum absolute atomic E-state index is 12.5. The Kier molecular flexibility index (Phi) is 9.80. The van der Waals surface area contributed by atoms with Gasteiger partial charge in [-0.3, -0.25) is 4.79 Å². The first-order valence-corrected chi connectivity index (χ1v) is 18.1. The molecule has 49 heavy (non-hydrogen) atoms. The van der Waals surface area contributed by atoms with E-state index in [-0.39, 0.29) is 28.8 Å². The minimum Gasteiger partial charge on any atom is -0.461 e. The van der Waals surface area contributed by atoms with Crippen LogP contribution in [-0.4, -0.2) is 140 Å². The maximum atomic E-state index is 12.5. The zero-order valence-electron chi connectivity index (χ0n) is 28.3. The van der Waals surface area contributed by atoms with Crippen molar-refractivity contribution in [3.63, 3.8) is 0 Å². The summed E-state index contributed by atoms with van der Waals surface area (Å²) in [6.07, 6.45) is -7.54. The second kappa shape index (κ2) is 13.3. The first kappa shape index (κ1) is 36.1. The van der Waals surface area contributed by atoms with E-state index in [0.29, 0.717) is 44.1 Å². The second-order valence-electron chi connectivity index (χ2n) is 16.2. The summed E-state index contributed by atoms with van der Waals surface area (Å²) >= 11 is 0. The van der Waals surface area contributed by atoms with Gasteiger partial charge in [-0.1, -0.05) is 19.4 Å². The van der Waals surface area contributed by atoms with E-state index < -0.39 is 80.2 Å². The monoisotopic (exact) mass is 698 g/mol. The third kappa shape index (κ3) is 5.73. The SMILES string of the molecule is C[C@@]12CC[C@H](O[C@H]3O[C@@H](CO)[C@@H](O)[C@@H](O[C@H]4O[C@@H](CO)[C@@H](O)[C@@H](O)[C@H]4O)[C@H]3O)C[C@@H]1CC[C@@H]1[C@@H]2CC[C@@]2(C)/C(=C3\COC(=O)C3)CC[C@]12O. The van der Waals surface area contributed by atoms with Gasteiger partial charge in [-0.2, -0.15) is 0 Å². The predicted molar refractivity (Wildman–Crippen MR) is 167 cm³/mol. The van der Waals surface area contributed by atoms with Crippen LogP contribution in [0.5, 0.6) is 0 Å². The van der Waals surface area contributed by atoms with Gasteiger partial charge in [0.1, 0.15) is 55.4 Å². The van der Waals surface area contributed by atoms with E-state index in [1.807, 2.05) is 0 Å². The van der Waals surface area contributed by atoms with Crippen molar-refractivity contribution < 1.29 is 69.3 Å². The minimum atomic E-state index is -1.75. The van der Waals surface area contributed by atoms with Gasteiger partial charge in [-0.05, 0) is 86.5 Å². The highest BCUT2D eigenvalue weighted by molar-refractivity contribution is 5.76. The molecule has 0 radical (unpaired) electrons. The number of ether oxygens (including phenoxy) is 5. The molecule has 4 aliphatic carbocycles. The maximum Gasteiger partial charge on any atom is 0.310 e. The van der Waals surface area contributed by atoms with Gasteiger partial charge in [-0.15, -0.1) is 0 Å². The number of fused-ring (bicyclic) bond motifs is 5. The van der Waals surface area contributed by atoms with Crippen molar-refractivity contribution >= 4 is 5.97 Å². The van der Waals surface area contributed by atoms with Gasteiger partial charge in [0.05, 0.1) is 31.3 Å². The molecule has 0 amide bonds. The van der Waals surface area contributed by atoms with E-state index in [1.54, 1.807) is 0 Å². The van der Waals surface area contributed by atoms with Gasteiger partial charge < -0.3 is 64.5 Å². The van der Waals surface area contributed by atoms with Crippen molar-refractivity contribution in [3.8, 4) is 0 Å². The number of aliphatic hydroxyl groups is 8. The molecule has 7 fully saturated rings. The van der Waals surface area contributed by atoms with Gasteiger partial charge in [-0.25, -0.2) is 0 Å². The number of hydrogen-bond donors (Lipinski definition) is 8. The number of hydrogen-bond acceptors (Lipinski definition) is 14. The van der Waals surface area contributed by atoms with Crippen LogP contribution in [0.25, 0.3) is 0 Å². The van der Waals surface area contributed by atoms with Crippen LogP contribution in [0, 0.1) is 28.6 Å². The lowest BCUT2D eigenvalue weighted by Gasteiger charge is -2.63. The van der Waals surface area contributed by atoms with Crippen molar-refractivity contribution in [1.29, 1.82) is 0 Å². The van der Waals surface area contributed by atoms with Crippen molar-refractivity contribution in [2.24, 2.45) is 28.6 Å². The van der Waals surface area contributed by atoms with Crippen LogP contribution in [0.4, 0.5) is 0 Å². The Morgan fingerprint density at radius 3 is 2.14 bits per heavy atom. The zero-order chi connectivity index (χ0) is 35.0. The van der Waals surface area contributed by atoms with E-state index in [9.17, 15) is 45.6 Å². The van der Waals surface area contributed by atoms with Crippen molar-refractivity contribution in [2.75, 3.05) is 19.8 Å². The molecule has 0 aromatic carbocycles. The Morgan fingerprint density at radius 1 is 0.776 bits per heavy atom. The quantitative estimate of drug-likeness (QED) is 0.0986. The van der Waals surface area contributed by atoms with E-state index in [0.717, 1.165) is 44.1 Å². The van der Waals surface area contributed by atoms with Crippen LogP contribution < -0.4 is 0 Å². The van der Waals surface area contributed by atoms with Crippen LogP contribution in [0.3, 0.4) is 0 Å². The number of rotatable bonds is 6. The van der Waals surface area contributed by atoms with Crippen LogP contribution in [0.1, 0.15) is 78.1 Å². The molecule has 7 rings (SSSR count). The van der Waals surface area contributed by atoms with Crippen molar-refractivity contribution in [2.45, 2.75) is 151 Å². The van der Waals surface area contributed by atoms with E-state index in [4.69, 9.17) is 23.7 Å². The van der Waals surface area contributed by atoms with E-state index in [2.05, 4.69) is 13.8 Å². The average molecular weight is 699 g/mol. The van der Waals surface area contributed by atoms with Crippen LogP contribution in [-0.2, 0) is 28.5 Å². The molecule has 14 nitrogen and oxygen atoms in total. The lowest BCUT2D eigenvalue weighted by atomic mass is 9.43. The molecular formula is C35H54O14. The van der Waals surface area contributed by atoms with Crippen LogP contribution in [0.2, 0.25) is 0 Å². The molecule has 8 N–H and O–H groups in total.